The lowest BCUT2D eigenvalue weighted by Gasteiger charge is -2.21. The second kappa shape index (κ2) is 12.4. The van der Waals surface area contributed by atoms with Crippen molar-refractivity contribution in [3.8, 4) is 33.8 Å². The molecule has 0 atom stereocenters. The van der Waals surface area contributed by atoms with Gasteiger partial charge in [0.25, 0.3) is 0 Å². The molecule has 5 rings (SSSR count). The highest BCUT2D eigenvalue weighted by Crippen LogP contribution is 2.41. The minimum atomic E-state index is -5.48. The second-order valence-electron chi connectivity index (χ2n) is 10.2. The fourth-order valence-corrected chi connectivity index (χ4v) is 4.91. The van der Waals surface area contributed by atoms with Crippen LogP contribution in [0, 0.1) is 40.7 Å². The van der Waals surface area contributed by atoms with Gasteiger partial charge in [-0.15, -0.1) is 13.2 Å². The number of fused-ring (bicyclic) bond motifs is 1. The van der Waals surface area contributed by atoms with Crippen molar-refractivity contribution < 1.29 is 62.2 Å². The maximum Gasteiger partial charge on any atom is 0.573 e. The minimum absolute atomic E-state index is 0.186. The van der Waals surface area contributed by atoms with Crippen LogP contribution in [0.2, 0.25) is 0 Å². The van der Waals surface area contributed by atoms with Crippen molar-refractivity contribution in [2.24, 2.45) is 0 Å². The number of alkyl halides is 5. The van der Waals surface area contributed by atoms with Gasteiger partial charge in [-0.25, -0.2) is 30.7 Å². The quantitative estimate of drug-likeness (QED) is 0.153. The van der Waals surface area contributed by atoms with E-state index >= 15 is 22.0 Å². The van der Waals surface area contributed by atoms with E-state index in [0.29, 0.717) is 18.2 Å². The summed E-state index contributed by atoms with van der Waals surface area (Å²) >= 11 is 0. The van der Waals surface area contributed by atoms with Gasteiger partial charge in [-0.2, -0.15) is 8.78 Å². The predicted molar refractivity (Wildman–Crippen MR) is 146 cm³/mol. The molecule has 0 N–H and O–H groups in total. The molecule has 0 heterocycles. The molecule has 5 aromatic carbocycles. The van der Waals surface area contributed by atoms with Crippen molar-refractivity contribution in [3.63, 3.8) is 0 Å². The van der Waals surface area contributed by atoms with E-state index < -0.39 is 92.2 Å². The van der Waals surface area contributed by atoms with Gasteiger partial charge in [0.1, 0.15) is 5.56 Å². The number of rotatable bonds is 8. The molecule has 2 nitrogen and oxygen atoms in total. The third kappa shape index (κ3) is 6.54. The van der Waals surface area contributed by atoms with Crippen LogP contribution >= 0.6 is 0 Å². The SMILES string of the molecule is CCCc1ccc(-c2ccc(C(F)(F)Oc3ccc4cc(-c5cc(F)c(OC(F)(F)F)c(F)c5)c(F)c(F)c4c3F)c(F)c2F)cc1. The van der Waals surface area contributed by atoms with Crippen LogP contribution < -0.4 is 9.47 Å². The number of halogens is 12. The molecule has 0 radical (unpaired) electrons. The molecular weight excluding hydrogens is 656 g/mol. The lowest BCUT2D eigenvalue weighted by Crippen LogP contribution is -2.24. The Kier molecular flexibility index (Phi) is 8.82. The lowest BCUT2D eigenvalue weighted by atomic mass is 9.98. The van der Waals surface area contributed by atoms with Gasteiger partial charge in [0.2, 0.25) is 5.75 Å². The smallest absolute Gasteiger partial charge is 0.426 e. The van der Waals surface area contributed by atoms with Crippen LogP contribution in [0.15, 0.2) is 66.7 Å². The molecule has 0 unspecified atom stereocenters. The third-order valence-electron chi connectivity index (χ3n) is 7.05. The average Bonchev–Trinajstić information content (AvgIpc) is 2.99. The van der Waals surface area contributed by atoms with Crippen molar-refractivity contribution in [3.05, 3.63) is 119 Å². The van der Waals surface area contributed by atoms with Crippen LogP contribution in [0.5, 0.6) is 11.5 Å². The van der Waals surface area contributed by atoms with E-state index in [2.05, 4.69) is 9.47 Å². The first kappa shape index (κ1) is 33.5. The number of aryl methyl sites for hydroxylation is 1. The van der Waals surface area contributed by atoms with Crippen LogP contribution in [0.25, 0.3) is 33.0 Å². The molecule has 0 spiro atoms. The summed E-state index contributed by atoms with van der Waals surface area (Å²) in [6.45, 7) is 1.94. The van der Waals surface area contributed by atoms with E-state index in [9.17, 15) is 30.7 Å². The van der Waals surface area contributed by atoms with Crippen LogP contribution in [-0.4, -0.2) is 6.36 Å². The average molecular weight is 674 g/mol. The monoisotopic (exact) mass is 674 g/mol. The summed E-state index contributed by atoms with van der Waals surface area (Å²) in [7, 11) is 0. The summed E-state index contributed by atoms with van der Waals surface area (Å²) < 4.78 is 179. The van der Waals surface area contributed by atoms with E-state index in [-0.39, 0.29) is 23.3 Å². The zero-order chi connectivity index (χ0) is 34.4. The van der Waals surface area contributed by atoms with Crippen molar-refractivity contribution >= 4 is 10.8 Å². The molecule has 0 saturated heterocycles. The first-order valence-electron chi connectivity index (χ1n) is 13.5. The van der Waals surface area contributed by atoms with Gasteiger partial charge in [0.05, 0.1) is 5.39 Å². The van der Waals surface area contributed by atoms with Crippen molar-refractivity contribution in [1.29, 1.82) is 0 Å². The van der Waals surface area contributed by atoms with Gasteiger partial charge >= 0.3 is 12.5 Å². The van der Waals surface area contributed by atoms with E-state index in [0.717, 1.165) is 30.5 Å². The van der Waals surface area contributed by atoms with E-state index in [1.165, 1.54) is 12.1 Å². The highest BCUT2D eigenvalue weighted by atomic mass is 19.4. The molecule has 0 aliphatic rings. The fourth-order valence-electron chi connectivity index (χ4n) is 4.91. The molecule has 0 fully saturated rings. The number of ether oxygens (including phenoxy) is 2. The van der Waals surface area contributed by atoms with Gasteiger partial charge in [0.15, 0.2) is 46.5 Å². The molecule has 0 aliphatic heterocycles. The van der Waals surface area contributed by atoms with Gasteiger partial charge in [-0.05, 0) is 58.8 Å². The molecule has 47 heavy (non-hydrogen) atoms. The van der Waals surface area contributed by atoms with Crippen molar-refractivity contribution in [2.75, 3.05) is 0 Å². The number of hydrogen-bond donors (Lipinski definition) is 0. The van der Waals surface area contributed by atoms with E-state index in [1.807, 2.05) is 6.92 Å². The summed E-state index contributed by atoms with van der Waals surface area (Å²) in [6.07, 6.45) is -8.67. The van der Waals surface area contributed by atoms with Crippen LogP contribution in [0.3, 0.4) is 0 Å². The molecule has 14 heteroatoms. The zero-order valence-corrected chi connectivity index (χ0v) is 23.6. The molecule has 0 aliphatic carbocycles. The van der Waals surface area contributed by atoms with E-state index in [4.69, 9.17) is 0 Å². The molecule has 246 valence electrons. The van der Waals surface area contributed by atoms with Gasteiger partial charge in [-0.3, -0.25) is 0 Å². The molecular formula is C33H18F12O2. The first-order valence-corrected chi connectivity index (χ1v) is 13.5. The van der Waals surface area contributed by atoms with Gasteiger partial charge in [0, 0.05) is 11.1 Å². The zero-order valence-electron chi connectivity index (χ0n) is 23.6. The Morgan fingerprint density at radius 3 is 1.79 bits per heavy atom. The van der Waals surface area contributed by atoms with Crippen molar-refractivity contribution in [2.45, 2.75) is 32.2 Å². The highest BCUT2D eigenvalue weighted by molar-refractivity contribution is 5.90. The molecule has 5 aromatic rings. The highest BCUT2D eigenvalue weighted by Gasteiger charge is 2.41. The maximum atomic E-state index is 15.3. The molecule has 0 aromatic heterocycles. The molecule has 0 saturated carbocycles. The third-order valence-corrected chi connectivity index (χ3v) is 7.05. The predicted octanol–water partition coefficient (Wildman–Crippen LogP) is 11.1. The fraction of sp³-hybridized carbons (Fsp3) is 0.152. The Hall–Kier alpha value is -4.88. The van der Waals surface area contributed by atoms with Gasteiger partial charge < -0.3 is 9.47 Å². The summed E-state index contributed by atoms with van der Waals surface area (Å²) in [4.78, 5) is 0. The summed E-state index contributed by atoms with van der Waals surface area (Å²) in [5.41, 5.74) is -2.65. The first-order chi connectivity index (χ1) is 22.0. The van der Waals surface area contributed by atoms with Gasteiger partial charge in [-0.1, -0.05) is 49.7 Å². The van der Waals surface area contributed by atoms with E-state index in [1.54, 1.807) is 12.1 Å². The Morgan fingerprint density at radius 1 is 0.574 bits per heavy atom. The summed E-state index contributed by atoms with van der Waals surface area (Å²) in [6, 6.07) is 9.95. The van der Waals surface area contributed by atoms with Crippen LogP contribution in [0.4, 0.5) is 52.7 Å². The number of hydrogen-bond acceptors (Lipinski definition) is 2. The Balaban J connectivity index is 1.49. The largest absolute Gasteiger partial charge is 0.573 e. The second-order valence-corrected chi connectivity index (χ2v) is 10.2. The maximum absolute atomic E-state index is 15.3. The lowest BCUT2D eigenvalue weighted by molar-refractivity contribution is -0.276. The Morgan fingerprint density at radius 2 is 1.19 bits per heavy atom. The topological polar surface area (TPSA) is 18.5 Å². The normalized spacial score (nSPS) is 12.1. The number of benzene rings is 5. The molecule has 0 amide bonds. The van der Waals surface area contributed by atoms with Crippen molar-refractivity contribution in [1.82, 2.24) is 0 Å². The molecule has 0 bridgehead atoms. The minimum Gasteiger partial charge on any atom is -0.426 e. The Labute approximate surface area is 257 Å². The van der Waals surface area contributed by atoms with Crippen LogP contribution in [-0.2, 0) is 12.5 Å². The summed E-state index contributed by atoms with van der Waals surface area (Å²) in [5.74, 6) is -16.7. The standard InChI is InChI=1S/C33H18F12O2/c1-2-3-15-4-6-16(7-5-15)19-9-10-21(28(38)26(19)36)32(41,42)46-24-11-8-17-12-20(27(37)30(40)25(17)29(24)39)18-13-22(34)31(23(35)14-18)47-33(43,44)45/h4-14H,2-3H2,1H3. The van der Waals surface area contributed by atoms with Crippen LogP contribution in [0.1, 0.15) is 24.5 Å². The Bertz CT molecular complexity index is 1960. The summed E-state index contributed by atoms with van der Waals surface area (Å²) in [5, 5.41) is -1.83.